The molecule has 0 spiro atoms. The molecule has 1 aliphatic carbocycles. The van der Waals surface area contributed by atoms with Gasteiger partial charge in [-0.25, -0.2) is 0 Å². The number of rotatable bonds is 6. The summed E-state index contributed by atoms with van der Waals surface area (Å²) in [6.07, 6.45) is 2.98. The van der Waals surface area contributed by atoms with E-state index in [-0.39, 0.29) is 5.60 Å². The average molecular weight is 256 g/mol. The van der Waals surface area contributed by atoms with Gasteiger partial charge < -0.3 is 14.8 Å². The third kappa shape index (κ3) is 4.19. The first-order chi connectivity index (χ1) is 8.50. The van der Waals surface area contributed by atoms with Crippen LogP contribution in [0.4, 0.5) is 0 Å². The lowest BCUT2D eigenvalue weighted by atomic mass is 10.0. The molecule has 1 N–H and O–H groups in total. The first-order valence-electron chi connectivity index (χ1n) is 7.14. The summed E-state index contributed by atoms with van der Waals surface area (Å²) in [7, 11) is 1.79. The highest BCUT2D eigenvalue weighted by molar-refractivity contribution is 4.89. The Bertz CT molecular complexity index is 267. The summed E-state index contributed by atoms with van der Waals surface area (Å²) < 4.78 is 11.4. The third-order valence-corrected chi connectivity index (χ3v) is 3.69. The Labute approximate surface area is 111 Å². The van der Waals surface area contributed by atoms with Crippen LogP contribution in [-0.2, 0) is 9.47 Å². The lowest BCUT2D eigenvalue weighted by Gasteiger charge is -2.45. The molecule has 1 saturated heterocycles. The highest BCUT2D eigenvalue weighted by Crippen LogP contribution is 2.23. The summed E-state index contributed by atoms with van der Waals surface area (Å²) >= 11 is 0. The van der Waals surface area contributed by atoms with Crippen molar-refractivity contribution in [3.63, 3.8) is 0 Å². The van der Waals surface area contributed by atoms with Gasteiger partial charge in [-0.1, -0.05) is 0 Å². The molecular formula is C14H28N2O2. The minimum Gasteiger partial charge on any atom is -0.383 e. The molecule has 2 atom stereocenters. The van der Waals surface area contributed by atoms with Crippen LogP contribution in [0, 0.1) is 0 Å². The standard InChI is InChI=1S/C14H28N2O2/c1-11-8-16(10-14(2,3)18-11)13(9-17-4)7-15-12-5-6-12/h11-13,15H,5-10H2,1-4H3. The number of methoxy groups -OCH3 is 1. The molecule has 2 rings (SSSR count). The highest BCUT2D eigenvalue weighted by Gasteiger charge is 2.35. The molecule has 2 unspecified atom stereocenters. The second-order valence-corrected chi connectivity index (χ2v) is 6.41. The predicted molar refractivity (Wildman–Crippen MR) is 72.9 cm³/mol. The van der Waals surface area contributed by atoms with Crippen LogP contribution < -0.4 is 5.32 Å². The van der Waals surface area contributed by atoms with E-state index in [2.05, 4.69) is 31.0 Å². The van der Waals surface area contributed by atoms with Crippen LogP contribution in [0.5, 0.6) is 0 Å². The second-order valence-electron chi connectivity index (χ2n) is 6.41. The fourth-order valence-electron chi connectivity index (χ4n) is 2.86. The molecule has 2 fully saturated rings. The maximum Gasteiger partial charge on any atom is 0.0757 e. The van der Waals surface area contributed by atoms with E-state index in [4.69, 9.17) is 9.47 Å². The van der Waals surface area contributed by atoms with Crippen molar-refractivity contribution < 1.29 is 9.47 Å². The van der Waals surface area contributed by atoms with E-state index in [1.165, 1.54) is 12.8 Å². The molecule has 0 aromatic carbocycles. The highest BCUT2D eigenvalue weighted by atomic mass is 16.5. The summed E-state index contributed by atoms with van der Waals surface area (Å²) in [6, 6.07) is 1.22. The van der Waals surface area contributed by atoms with Crippen molar-refractivity contribution in [1.82, 2.24) is 10.2 Å². The summed E-state index contributed by atoms with van der Waals surface area (Å²) in [5.74, 6) is 0. The second kappa shape index (κ2) is 5.87. The van der Waals surface area contributed by atoms with Gasteiger partial charge in [0.05, 0.1) is 18.3 Å². The normalized spacial score (nSPS) is 30.3. The molecule has 1 heterocycles. The van der Waals surface area contributed by atoms with Crippen molar-refractivity contribution in [2.45, 2.75) is 57.4 Å². The van der Waals surface area contributed by atoms with E-state index in [1.807, 2.05) is 0 Å². The van der Waals surface area contributed by atoms with Gasteiger partial charge in [-0.3, -0.25) is 4.90 Å². The zero-order valence-electron chi connectivity index (χ0n) is 12.2. The first kappa shape index (κ1) is 14.3. The molecule has 1 saturated carbocycles. The molecule has 0 bridgehead atoms. The Kier molecular flexibility index (Phi) is 4.64. The molecule has 4 heteroatoms. The summed E-state index contributed by atoms with van der Waals surface area (Å²) in [5, 5.41) is 3.62. The van der Waals surface area contributed by atoms with Crippen molar-refractivity contribution in [1.29, 1.82) is 0 Å². The largest absolute Gasteiger partial charge is 0.383 e. The maximum absolute atomic E-state index is 5.97. The fourth-order valence-corrected chi connectivity index (χ4v) is 2.86. The van der Waals surface area contributed by atoms with Crippen molar-refractivity contribution in [3.05, 3.63) is 0 Å². The summed E-state index contributed by atoms with van der Waals surface area (Å²) in [5.41, 5.74) is -0.0523. The van der Waals surface area contributed by atoms with Gasteiger partial charge in [-0.05, 0) is 33.6 Å². The number of nitrogens with zero attached hydrogens (tertiary/aromatic N) is 1. The molecule has 0 radical (unpaired) electrons. The van der Waals surface area contributed by atoms with Crippen molar-refractivity contribution >= 4 is 0 Å². The zero-order chi connectivity index (χ0) is 13.2. The van der Waals surface area contributed by atoms with Gasteiger partial charge in [0.25, 0.3) is 0 Å². The van der Waals surface area contributed by atoms with Gasteiger partial charge in [0.1, 0.15) is 0 Å². The molecule has 0 amide bonds. The number of ether oxygens (including phenoxy) is 2. The lowest BCUT2D eigenvalue weighted by molar-refractivity contribution is -0.141. The van der Waals surface area contributed by atoms with Gasteiger partial charge >= 0.3 is 0 Å². The van der Waals surface area contributed by atoms with Gasteiger partial charge in [0.2, 0.25) is 0 Å². The summed E-state index contributed by atoms with van der Waals surface area (Å²) in [4.78, 5) is 2.52. The molecule has 18 heavy (non-hydrogen) atoms. The fraction of sp³-hybridized carbons (Fsp3) is 1.00. The van der Waals surface area contributed by atoms with Gasteiger partial charge in [-0.15, -0.1) is 0 Å². The van der Waals surface area contributed by atoms with Gasteiger partial charge in [0.15, 0.2) is 0 Å². The van der Waals surface area contributed by atoms with Crippen LogP contribution in [0.15, 0.2) is 0 Å². The Balaban J connectivity index is 1.90. The molecule has 0 aromatic heterocycles. The average Bonchev–Trinajstić information content (AvgIpc) is 3.04. The molecular weight excluding hydrogens is 228 g/mol. The van der Waals surface area contributed by atoms with Crippen LogP contribution in [0.25, 0.3) is 0 Å². The SMILES string of the molecule is COCC(CNC1CC1)N1CC(C)OC(C)(C)C1. The van der Waals surface area contributed by atoms with Crippen LogP contribution >= 0.6 is 0 Å². The lowest BCUT2D eigenvalue weighted by Crippen LogP contribution is -2.58. The zero-order valence-corrected chi connectivity index (χ0v) is 12.2. The topological polar surface area (TPSA) is 33.7 Å². The molecule has 1 aliphatic heterocycles. The van der Waals surface area contributed by atoms with Crippen molar-refractivity contribution in [2.75, 3.05) is 33.4 Å². The summed E-state index contributed by atoms with van der Waals surface area (Å²) in [6.45, 7) is 10.3. The maximum atomic E-state index is 5.97. The first-order valence-corrected chi connectivity index (χ1v) is 7.14. The van der Waals surface area contributed by atoms with E-state index in [9.17, 15) is 0 Å². The minimum absolute atomic E-state index is 0.0523. The number of morpholine rings is 1. The van der Waals surface area contributed by atoms with Crippen LogP contribution in [0.1, 0.15) is 33.6 Å². The van der Waals surface area contributed by atoms with Crippen molar-refractivity contribution in [3.8, 4) is 0 Å². The molecule has 106 valence electrons. The van der Waals surface area contributed by atoms with E-state index in [0.717, 1.165) is 32.3 Å². The van der Waals surface area contributed by atoms with E-state index in [0.29, 0.717) is 12.1 Å². The Morgan fingerprint density at radius 1 is 1.44 bits per heavy atom. The van der Waals surface area contributed by atoms with Crippen LogP contribution in [0.2, 0.25) is 0 Å². The smallest absolute Gasteiger partial charge is 0.0757 e. The quantitative estimate of drug-likeness (QED) is 0.775. The minimum atomic E-state index is -0.0523. The number of nitrogens with one attached hydrogen (secondary N) is 1. The third-order valence-electron chi connectivity index (χ3n) is 3.69. The van der Waals surface area contributed by atoms with Crippen molar-refractivity contribution in [2.24, 2.45) is 0 Å². The van der Waals surface area contributed by atoms with Crippen LogP contribution in [-0.4, -0.2) is 62.0 Å². The Morgan fingerprint density at radius 3 is 2.72 bits per heavy atom. The van der Waals surface area contributed by atoms with E-state index < -0.39 is 0 Å². The van der Waals surface area contributed by atoms with E-state index >= 15 is 0 Å². The number of hydrogen-bond acceptors (Lipinski definition) is 4. The molecule has 0 aromatic rings. The predicted octanol–water partition coefficient (Wildman–Crippen LogP) is 1.25. The Morgan fingerprint density at radius 2 is 2.17 bits per heavy atom. The molecule has 2 aliphatic rings. The number of hydrogen-bond donors (Lipinski definition) is 1. The van der Waals surface area contributed by atoms with Gasteiger partial charge in [0, 0.05) is 38.8 Å². The molecule has 4 nitrogen and oxygen atoms in total. The monoisotopic (exact) mass is 256 g/mol. The van der Waals surface area contributed by atoms with E-state index in [1.54, 1.807) is 7.11 Å². The Hall–Kier alpha value is -0.160. The van der Waals surface area contributed by atoms with Crippen LogP contribution in [0.3, 0.4) is 0 Å². The van der Waals surface area contributed by atoms with Gasteiger partial charge in [-0.2, -0.15) is 0 Å².